The van der Waals surface area contributed by atoms with E-state index in [2.05, 4.69) is 179 Å². The zero-order valence-corrected chi connectivity index (χ0v) is 31.5. The Balaban J connectivity index is 1.16. The van der Waals surface area contributed by atoms with Gasteiger partial charge in [0.15, 0.2) is 0 Å². The summed E-state index contributed by atoms with van der Waals surface area (Å²) in [6.07, 6.45) is 4.16. The Morgan fingerprint density at radius 1 is 0.439 bits per heavy atom. The molecule has 13 rings (SSSR count). The summed E-state index contributed by atoms with van der Waals surface area (Å²) in [4.78, 5) is 4.93. The lowest BCUT2D eigenvalue weighted by molar-refractivity contribution is 1.19. The molecule has 0 saturated heterocycles. The van der Waals surface area contributed by atoms with Crippen LogP contribution in [0.2, 0.25) is 0 Å². The molecule has 4 heterocycles. The van der Waals surface area contributed by atoms with Crippen LogP contribution in [0.3, 0.4) is 0 Å². The first-order valence-corrected chi connectivity index (χ1v) is 20.3. The lowest BCUT2D eigenvalue weighted by Crippen LogP contribution is -1.95. The molecule has 3 nitrogen and oxygen atoms in total. The van der Waals surface area contributed by atoms with Crippen LogP contribution in [0, 0.1) is 0 Å². The van der Waals surface area contributed by atoms with E-state index in [1.807, 2.05) is 29.5 Å². The molecule has 0 atom stereocenters. The predicted octanol–water partition coefficient (Wildman–Crippen LogP) is 14.7. The molecule has 0 unspecified atom stereocenters. The molecule has 0 saturated carbocycles. The van der Waals surface area contributed by atoms with Gasteiger partial charge in [0.25, 0.3) is 0 Å². The van der Waals surface area contributed by atoms with E-state index < -0.39 is 0 Å². The van der Waals surface area contributed by atoms with Crippen molar-refractivity contribution in [1.29, 1.82) is 0 Å². The largest absolute Gasteiger partial charge is 0.309 e. The predicted molar refractivity (Wildman–Crippen MR) is 243 cm³/mol. The minimum absolute atomic E-state index is 0.946. The maximum Gasteiger partial charge on any atom is 0.137 e. The quantitative estimate of drug-likeness (QED) is 0.165. The summed E-state index contributed by atoms with van der Waals surface area (Å²) in [7, 11) is 0. The Kier molecular flexibility index (Phi) is 6.32. The molecular formula is C53H31N3S. The fraction of sp³-hybridized carbons (Fsp3) is 0. The monoisotopic (exact) mass is 741 g/mol. The number of aromatic nitrogens is 3. The summed E-state index contributed by atoms with van der Waals surface area (Å²) >= 11 is 1.94. The van der Waals surface area contributed by atoms with Crippen LogP contribution in [-0.2, 0) is 0 Å². The van der Waals surface area contributed by atoms with Gasteiger partial charge in [-0.25, -0.2) is 4.98 Å². The second-order valence-electron chi connectivity index (χ2n) is 15.1. The van der Waals surface area contributed by atoms with E-state index in [9.17, 15) is 0 Å². The van der Waals surface area contributed by atoms with Gasteiger partial charge in [-0.1, -0.05) is 140 Å². The molecule has 0 aliphatic rings. The lowest BCUT2D eigenvalue weighted by atomic mass is 9.92. The van der Waals surface area contributed by atoms with Gasteiger partial charge in [0.2, 0.25) is 0 Å². The number of imidazole rings is 1. The molecule has 13 aromatic rings. The summed E-state index contributed by atoms with van der Waals surface area (Å²) in [6.45, 7) is 0. The summed E-state index contributed by atoms with van der Waals surface area (Å²) < 4.78 is 7.25. The number of rotatable bonds is 3. The summed E-state index contributed by atoms with van der Waals surface area (Å²) in [5.74, 6) is 0. The molecule has 4 aromatic heterocycles. The number of thiophene rings is 1. The standard InChI is InChI=1S/C53H31N3S/c1-4-15-37-32(12-1)25-28-46-48(37)50-49-43-21-11-20-42(44-30-34-13-2-3-14-36(34)38-16-5-6-17-39(38)44)52(43)57-53(49)41-19-8-7-18-40(41)51(50)56(46)35-26-23-33(24-27-35)45-31-55-29-10-9-22-47(55)54-45/h1-31H. The third-order valence-electron chi connectivity index (χ3n) is 12.1. The Bertz CT molecular complexity index is 3770. The number of nitrogens with zero attached hydrogens (tertiary/aromatic N) is 3. The number of fused-ring (bicyclic) bond motifs is 16. The van der Waals surface area contributed by atoms with Crippen LogP contribution in [-0.4, -0.2) is 14.0 Å². The molecule has 4 heteroatoms. The van der Waals surface area contributed by atoms with E-state index in [-0.39, 0.29) is 0 Å². The highest BCUT2D eigenvalue weighted by atomic mass is 32.1. The maximum atomic E-state index is 4.93. The number of hydrogen-bond acceptors (Lipinski definition) is 2. The van der Waals surface area contributed by atoms with Crippen molar-refractivity contribution in [3.8, 4) is 28.1 Å². The zero-order chi connectivity index (χ0) is 37.2. The van der Waals surface area contributed by atoms with Crippen molar-refractivity contribution in [2.45, 2.75) is 0 Å². The van der Waals surface area contributed by atoms with Gasteiger partial charge in [0.1, 0.15) is 5.65 Å². The number of benzene rings is 9. The Morgan fingerprint density at radius 2 is 1.14 bits per heavy atom. The molecule has 0 N–H and O–H groups in total. The lowest BCUT2D eigenvalue weighted by Gasteiger charge is -2.12. The van der Waals surface area contributed by atoms with Gasteiger partial charge in [-0.05, 0) is 74.3 Å². The van der Waals surface area contributed by atoms with E-state index in [1.165, 1.54) is 96.2 Å². The molecule has 0 bridgehead atoms. The van der Waals surface area contributed by atoms with Crippen molar-refractivity contribution in [3.05, 3.63) is 188 Å². The summed E-state index contributed by atoms with van der Waals surface area (Å²) in [5.41, 5.74) is 9.14. The highest BCUT2D eigenvalue weighted by Crippen LogP contribution is 2.51. The Labute approximate surface area is 330 Å². The minimum atomic E-state index is 0.946. The third-order valence-corrected chi connectivity index (χ3v) is 13.4. The van der Waals surface area contributed by atoms with Crippen molar-refractivity contribution >= 4 is 102 Å². The molecule has 0 aliphatic carbocycles. The van der Waals surface area contributed by atoms with Crippen molar-refractivity contribution in [1.82, 2.24) is 14.0 Å². The average Bonchev–Trinajstić information content (AvgIpc) is 3.99. The SMILES string of the molecule is c1ccc2c(c1)cc(-c1cccc3c1sc1c4ccccc4c4c(c31)c1c3ccccc3ccc1n4-c1ccc(-c3cn4ccccc4n3)cc1)c1ccccc12. The molecule has 264 valence electrons. The minimum Gasteiger partial charge on any atom is -0.309 e. The van der Waals surface area contributed by atoms with Crippen molar-refractivity contribution in [2.24, 2.45) is 0 Å². The van der Waals surface area contributed by atoms with Gasteiger partial charge < -0.3 is 8.97 Å². The maximum absolute atomic E-state index is 4.93. The second kappa shape index (κ2) is 11.6. The topological polar surface area (TPSA) is 22.2 Å². The molecule has 9 aromatic carbocycles. The molecule has 0 radical (unpaired) electrons. The van der Waals surface area contributed by atoms with Gasteiger partial charge in [-0.15, -0.1) is 11.3 Å². The van der Waals surface area contributed by atoms with Crippen LogP contribution in [0.4, 0.5) is 0 Å². The fourth-order valence-corrected chi connectivity index (χ4v) is 11.0. The van der Waals surface area contributed by atoms with Gasteiger partial charge in [-0.2, -0.15) is 0 Å². The first-order chi connectivity index (χ1) is 28.3. The van der Waals surface area contributed by atoms with E-state index in [4.69, 9.17) is 4.98 Å². The smallest absolute Gasteiger partial charge is 0.137 e. The van der Waals surface area contributed by atoms with Gasteiger partial charge in [0.05, 0.1) is 16.7 Å². The van der Waals surface area contributed by atoms with Gasteiger partial charge in [0, 0.05) is 70.9 Å². The third kappa shape index (κ3) is 4.33. The zero-order valence-electron chi connectivity index (χ0n) is 30.6. The van der Waals surface area contributed by atoms with E-state index in [1.54, 1.807) is 0 Å². The molecule has 0 aliphatic heterocycles. The van der Waals surface area contributed by atoms with E-state index >= 15 is 0 Å². The van der Waals surface area contributed by atoms with Crippen molar-refractivity contribution < 1.29 is 0 Å². The first kappa shape index (κ1) is 31.0. The van der Waals surface area contributed by atoms with Crippen LogP contribution in [0.1, 0.15) is 0 Å². The van der Waals surface area contributed by atoms with Crippen molar-refractivity contribution in [2.75, 3.05) is 0 Å². The van der Waals surface area contributed by atoms with Crippen LogP contribution < -0.4 is 0 Å². The summed E-state index contributed by atoms with van der Waals surface area (Å²) in [6, 6.07) is 64.7. The second-order valence-corrected chi connectivity index (χ2v) is 16.1. The molecule has 0 amide bonds. The van der Waals surface area contributed by atoms with E-state index in [0.29, 0.717) is 0 Å². The first-order valence-electron chi connectivity index (χ1n) is 19.5. The molecular weight excluding hydrogens is 711 g/mol. The van der Waals surface area contributed by atoms with E-state index in [0.717, 1.165) is 22.6 Å². The normalized spacial score (nSPS) is 12.2. The number of hydrogen-bond donors (Lipinski definition) is 0. The fourth-order valence-electron chi connectivity index (χ4n) is 9.62. The Morgan fingerprint density at radius 3 is 1.98 bits per heavy atom. The molecule has 57 heavy (non-hydrogen) atoms. The van der Waals surface area contributed by atoms with Crippen LogP contribution in [0.5, 0.6) is 0 Å². The average molecular weight is 742 g/mol. The van der Waals surface area contributed by atoms with Gasteiger partial charge >= 0.3 is 0 Å². The van der Waals surface area contributed by atoms with Crippen molar-refractivity contribution in [3.63, 3.8) is 0 Å². The summed E-state index contributed by atoms with van der Waals surface area (Å²) in [5, 5.41) is 15.4. The highest BCUT2D eigenvalue weighted by Gasteiger charge is 2.24. The van der Waals surface area contributed by atoms with Crippen LogP contribution in [0.25, 0.3) is 119 Å². The molecule has 0 spiro atoms. The van der Waals surface area contributed by atoms with Crippen LogP contribution >= 0.6 is 11.3 Å². The van der Waals surface area contributed by atoms with Crippen LogP contribution in [0.15, 0.2) is 188 Å². The Hall–Kier alpha value is -7.27. The molecule has 0 fully saturated rings. The number of pyridine rings is 1. The van der Waals surface area contributed by atoms with Gasteiger partial charge in [-0.3, -0.25) is 0 Å². The highest BCUT2D eigenvalue weighted by molar-refractivity contribution is 7.27.